The highest BCUT2D eigenvalue weighted by molar-refractivity contribution is 6.31. The number of aromatic amines is 1. The number of carbonyl (C=O) groups excluding carboxylic acids is 2. The van der Waals surface area contributed by atoms with Crippen molar-refractivity contribution in [3.63, 3.8) is 0 Å². The molecule has 3 N–H and O–H groups in total. The van der Waals surface area contributed by atoms with Crippen molar-refractivity contribution in [1.29, 1.82) is 0 Å². The lowest BCUT2D eigenvalue weighted by molar-refractivity contribution is -0.143. The normalized spacial score (nSPS) is 11.7. The molecule has 0 saturated carbocycles. The van der Waals surface area contributed by atoms with Gasteiger partial charge in [0.25, 0.3) is 0 Å². The van der Waals surface area contributed by atoms with E-state index < -0.39 is 12.1 Å². The van der Waals surface area contributed by atoms with Crippen LogP contribution in [0.5, 0.6) is 0 Å². The van der Waals surface area contributed by atoms with Crippen LogP contribution in [-0.2, 0) is 9.53 Å². The van der Waals surface area contributed by atoms with Crippen LogP contribution < -0.4 is 10.6 Å². The Morgan fingerprint density at radius 3 is 2.48 bits per heavy atom. The quantitative estimate of drug-likeness (QED) is 0.282. The standard InChI is InChI=1S/C26H24ClN3O3/c1-2-33-25(31)16-24(17-6-4-3-5-7-17)30-26(32)28-21-11-8-18(9-12-21)23-15-19-14-20(27)10-13-22(19)29-23/h3-15,24,29H,2,16H2,1H3,(H2,28,30,32)/t24-/m1/s1. The highest BCUT2D eigenvalue weighted by Gasteiger charge is 2.19. The number of H-pyrrole nitrogens is 1. The molecule has 0 fully saturated rings. The number of nitrogens with one attached hydrogen (secondary N) is 3. The number of hydrogen-bond acceptors (Lipinski definition) is 3. The molecule has 1 aromatic heterocycles. The summed E-state index contributed by atoms with van der Waals surface area (Å²) in [5.41, 5.74) is 4.41. The second kappa shape index (κ2) is 10.2. The minimum atomic E-state index is -0.498. The van der Waals surface area contributed by atoms with Crippen LogP contribution in [0.2, 0.25) is 5.02 Å². The molecule has 0 radical (unpaired) electrons. The zero-order valence-electron chi connectivity index (χ0n) is 18.1. The van der Waals surface area contributed by atoms with Gasteiger partial charge >= 0.3 is 12.0 Å². The highest BCUT2D eigenvalue weighted by Crippen LogP contribution is 2.27. The van der Waals surface area contributed by atoms with Crippen LogP contribution in [0.15, 0.2) is 78.9 Å². The maximum absolute atomic E-state index is 12.6. The van der Waals surface area contributed by atoms with Crippen molar-refractivity contribution in [2.75, 3.05) is 11.9 Å². The van der Waals surface area contributed by atoms with E-state index in [2.05, 4.69) is 15.6 Å². The van der Waals surface area contributed by atoms with Crippen LogP contribution in [0.4, 0.5) is 10.5 Å². The van der Waals surface area contributed by atoms with Crippen LogP contribution in [0.3, 0.4) is 0 Å². The number of amides is 2. The first-order valence-electron chi connectivity index (χ1n) is 10.7. The molecular formula is C26H24ClN3O3. The van der Waals surface area contributed by atoms with E-state index in [9.17, 15) is 9.59 Å². The van der Waals surface area contributed by atoms with Gasteiger partial charge in [0, 0.05) is 27.3 Å². The molecule has 6 nitrogen and oxygen atoms in total. The summed E-state index contributed by atoms with van der Waals surface area (Å²) in [4.78, 5) is 28.0. The second-order valence-corrected chi connectivity index (χ2v) is 8.00. The fourth-order valence-corrected chi connectivity index (χ4v) is 3.82. The van der Waals surface area contributed by atoms with Gasteiger partial charge in [0.2, 0.25) is 0 Å². The fourth-order valence-electron chi connectivity index (χ4n) is 3.64. The highest BCUT2D eigenvalue weighted by atomic mass is 35.5. The van der Waals surface area contributed by atoms with Crippen molar-refractivity contribution in [1.82, 2.24) is 10.3 Å². The van der Waals surface area contributed by atoms with Gasteiger partial charge in [-0.3, -0.25) is 4.79 Å². The molecule has 0 aliphatic rings. The Balaban J connectivity index is 1.43. The Morgan fingerprint density at radius 2 is 1.76 bits per heavy atom. The number of benzene rings is 3. The number of esters is 1. The van der Waals surface area contributed by atoms with Gasteiger partial charge in [0.05, 0.1) is 19.1 Å². The maximum atomic E-state index is 12.6. The number of aromatic nitrogens is 1. The monoisotopic (exact) mass is 461 g/mol. The number of hydrogen-bond donors (Lipinski definition) is 3. The number of urea groups is 1. The van der Waals surface area contributed by atoms with E-state index in [-0.39, 0.29) is 12.4 Å². The topological polar surface area (TPSA) is 83.2 Å². The Morgan fingerprint density at radius 1 is 1.00 bits per heavy atom. The third-order valence-corrected chi connectivity index (χ3v) is 5.46. The molecule has 0 spiro atoms. The summed E-state index contributed by atoms with van der Waals surface area (Å²) in [6.45, 7) is 2.05. The molecule has 0 bridgehead atoms. The zero-order valence-corrected chi connectivity index (χ0v) is 18.9. The Labute approximate surface area is 196 Å². The van der Waals surface area contributed by atoms with Crippen molar-refractivity contribution in [3.8, 4) is 11.3 Å². The molecule has 0 aliphatic carbocycles. The first-order valence-corrected chi connectivity index (χ1v) is 11.1. The zero-order chi connectivity index (χ0) is 23.2. The lowest BCUT2D eigenvalue weighted by atomic mass is 10.0. The lowest BCUT2D eigenvalue weighted by Crippen LogP contribution is -2.34. The molecule has 7 heteroatoms. The summed E-state index contributed by atoms with van der Waals surface area (Å²) in [6.07, 6.45) is 0.0502. The van der Waals surface area contributed by atoms with E-state index in [0.717, 1.165) is 27.7 Å². The fraction of sp³-hybridized carbons (Fsp3) is 0.154. The number of fused-ring (bicyclic) bond motifs is 1. The van der Waals surface area contributed by atoms with E-state index >= 15 is 0 Å². The summed E-state index contributed by atoms with van der Waals surface area (Å²) in [7, 11) is 0. The summed E-state index contributed by atoms with van der Waals surface area (Å²) in [6, 6.07) is 23.7. The van der Waals surface area contributed by atoms with Crippen molar-refractivity contribution in [3.05, 3.63) is 89.4 Å². The average Bonchev–Trinajstić information content (AvgIpc) is 3.23. The molecular weight excluding hydrogens is 438 g/mol. The maximum Gasteiger partial charge on any atom is 0.319 e. The molecule has 168 valence electrons. The predicted molar refractivity (Wildman–Crippen MR) is 131 cm³/mol. The molecule has 0 saturated heterocycles. The largest absolute Gasteiger partial charge is 0.466 e. The molecule has 33 heavy (non-hydrogen) atoms. The van der Waals surface area contributed by atoms with Gasteiger partial charge in [0.15, 0.2) is 0 Å². The van der Waals surface area contributed by atoms with Crippen molar-refractivity contribution < 1.29 is 14.3 Å². The van der Waals surface area contributed by atoms with E-state index in [4.69, 9.17) is 16.3 Å². The smallest absolute Gasteiger partial charge is 0.319 e. The van der Waals surface area contributed by atoms with Crippen LogP contribution in [-0.4, -0.2) is 23.6 Å². The van der Waals surface area contributed by atoms with Crippen molar-refractivity contribution in [2.45, 2.75) is 19.4 Å². The third kappa shape index (κ3) is 5.73. The molecule has 1 heterocycles. The van der Waals surface area contributed by atoms with E-state index in [1.165, 1.54) is 0 Å². The van der Waals surface area contributed by atoms with Crippen LogP contribution in [0, 0.1) is 0 Å². The summed E-state index contributed by atoms with van der Waals surface area (Å²) in [5.74, 6) is -0.365. The van der Waals surface area contributed by atoms with Gasteiger partial charge in [0.1, 0.15) is 0 Å². The third-order valence-electron chi connectivity index (χ3n) is 5.22. The van der Waals surface area contributed by atoms with E-state index in [0.29, 0.717) is 17.3 Å². The molecule has 4 aromatic rings. The van der Waals surface area contributed by atoms with Crippen molar-refractivity contribution >= 4 is 40.2 Å². The Hall–Kier alpha value is -3.77. The molecule has 3 aromatic carbocycles. The van der Waals surface area contributed by atoms with Gasteiger partial charge in [-0.2, -0.15) is 0 Å². The van der Waals surface area contributed by atoms with Crippen LogP contribution >= 0.6 is 11.6 Å². The molecule has 0 unspecified atom stereocenters. The summed E-state index contributed by atoms with van der Waals surface area (Å²) in [5, 5.41) is 7.43. The number of halogens is 1. The molecule has 4 rings (SSSR count). The van der Waals surface area contributed by atoms with Crippen LogP contribution in [0.1, 0.15) is 24.9 Å². The van der Waals surface area contributed by atoms with E-state index in [1.807, 2.05) is 78.9 Å². The number of ether oxygens (including phenoxy) is 1. The second-order valence-electron chi connectivity index (χ2n) is 7.56. The van der Waals surface area contributed by atoms with Gasteiger partial charge in [-0.25, -0.2) is 4.79 Å². The summed E-state index contributed by atoms with van der Waals surface area (Å²) < 4.78 is 5.06. The lowest BCUT2D eigenvalue weighted by Gasteiger charge is -2.19. The number of rotatable bonds is 7. The Kier molecular flexibility index (Phi) is 6.95. The van der Waals surface area contributed by atoms with E-state index in [1.54, 1.807) is 6.92 Å². The molecule has 0 aliphatic heterocycles. The van der Waals surface area contributed by atoms with Gasteiger partial charge < -0.3 is 20.4 Å². The number of carbonyl (C=O) groups is 2. The van der Waals surface area contributed by atoms with Crippen molar-refractivity contribution in [2.24, 2.45) is 0 Å². The molecule has 1 atom stereocenters. The number of anilines is 1. The van der Waals surface area contributed by atoms with Gasteiger partial charge in [-0.05, 0) is 54.4 Å². The minimum Gasteiger partial charge on any atom is -0.466 e. The SMILES string of the molecule is CCOC(=O)C[C@@H](NC(=O)Nc1ccc(-c2cc3cc(Cl)ccc3[nH]2)cc1)c1ccccc1. The molecule has 2 amide bonds. The van der Waals surface area contributed by atoms with Gasteiger partial charge in [-0.1, -0.05) is 54.1 Å². The average molecular weight is 462 g/mol. The first kappa shape index (κ1) is 22.4. The Bertz CT molecular complexity index is 1250. The first-order chi connectivity index (χ1) is 16.0. The minimum absolute atomic E-state index is 0.0502. The summed E-state index contributed by atoms with van der Waals surface area (Å²) >= 11 is 6.08. The van der Waals surface area contributed by atoms with Crippen LogP contribution in [0.25, 0.3) is 22.2 Å². The van der Waals surface area contributed by atoms with Gasteiger partial charge in [-0.15, -0.1) is 0 Å². The predicted octanol–water partition coefficient (Wildman–Crippen LogP) is 6.30.